The van der Waals surface area contributed by atoms with Crippen molar-refractivity contribution in [3.05, 3.63) is 42.7 Å². The summed E-state index contributed by atoms with van der Waals surface area (Å²) in [6.07, 6.45) is 4.27. The Morgan fingerprint density at radius 3 is 2.67 bits per heavy atom. The maximum absolute atomic E-state index is 12.2. The molecule has 1 aromatic heterocycles. The minimum atomic E-state index is 0.00112. The largest absolute Gasteiger partial charge is 0.497 e. The average Bonchev–Trinajstić information content (AvgIpc) is 3.16. The lowest BCUT2D eigenvalue weighted by molar-refractivity contribution is -0.117. The predicted octanol–water partition coefficient (Wildman–Crippen LogP) is 1.83. The minimum absolute atomic E-state index is 0.00112. The van der Waals surface area contributed by atoms with E-state index in [9.17, 15) is 9.90 Å². The molecule has 1 fully saturated rings. The van der Waals surface area contributed by atoms with E-state index < -0.39 is 0 Å². The van der Waals surface area contributed by atoms with Crippen LogP contribution in [0, 0.1) is 5.92 Å². The number of aromatic nitrogens is 1. The zero-order valence-electron chi connectivity index (χ0n) is 11.9. The normalized spacial score (nSPS) is 18.3. The van der Waals surface area contributed by atoms with Gasteiger partial charge < -0.3 is 19.3 Å². The molecule has 1 aliphatic heterocycles. The Morgan fingerprint density at radius 2 is 2.05 bits per heavy atom. The summed E-state index contributed by atoms with van der Waals surface area (Å²) in [5.74, 6) is 0.748. The van der Waals surface area contributed by atoms with Gasteiger partial charge in [-0.15, -0.1) is 0 Å². The van der Waals surface area contributed by atoms with Gasteiger partial charge in [0.2, 0.25) is 5.91 Å². The molecule has 0 radical (unpaired) electrons. The van der Waals surface area contributed by atoms with E-state index in [0.717, 1.165) is 11.4 Å². The van der Waals surface area contributed by atoms with Gasteiger partial charge in [0.05, 0.1) is 18.5 Å². The SMILES string of the molecule is COc1ccc(-n2cccc2)c(N2CC(CO)CC2=O)c1. The van der Waals surface area contributed by atoms with Crippen LogP contribution in [-0.2, 0) is 4.79 Å². The zero-order valence-corrected chi connectivity index (χ0v) is 11.9. The second kappa shape index (κ2) is 5.61. The average molecular weight is 286 g/mol. The van der Waals surface area contributed by atoms with Crippen molar-refractivity contribution in [3.8, 4) is 11.4 Å². The van der Waals surface area contributed by atoms with Crippen molar-refractivity contribution in [3.63, 3.8) is 0 Å². The second-order valence-electron chi connectivity index (χ2n) is 5.20. The number of aliphatic hydroxyl groups is 1. The molecule has 1 amide bonds. The van der Waals surface area contributed by atoms with Crippen LogP contribution in [0.15, 0.2) is 42.7 Å². The van der Waals surface area contributed by atoms with Crippen LogP contribution in [0.4, 0.5) is 5.69 Å². The molecule has 0 bridgehead atoms. The lowest BCUT2D eigenvalue weighted by Gasteiger charge is -2.21. The summed E-state index contributed by atoms with van der Waals surface area (Å²) in [5, 5.41) is 9.29. The number of rotatable bonds is 4. The van der Waals surface area contributed by atoms with E-state index in [-0.39, 0.29) is 18.4 Å². The molecule has 1 N–H and O–H groups in total. The molecule has 1 unspecified atom stereocenters. The molecule has 1 atom stereocenters. The van der Waals surface area contributed by atoms with Gasteiger partial charge in [0.25, 0.3) is 0 Å². The van der Waals surface area contributed by atoms with Crippen LogP contribution in [0.5, 0.6) is 5.75 Å². The summed E-state index contributed by atoms with van der Waals surface area (Å²) in [6.45, 7) is 0.571. The van der Waals surface area contributed by atoms with Gasteiger partial charge in [-0.05, 0) is 24.3 Å². The van der Waals surface area contributed by atoms with Crippen LogP contribution < -0.4 is 9.64 Å². The van der Waals surface area contributed by atoms with E-state index in [1.807, 2.05) is 47.3 Å². The first-order valence-corrected chi connectivity index (χ1v) is 6.95. The number of methoxy groups -OCH3 is 1. The van der Waals surface area contributed by atoms with E-state index in [1.165, 1.54) is 0 Å². The Morgan fingerprint density at radius 1 is 1.29 bits per heavy atom. The summed E-state index contributed by atoms with van der Waals surface area (Å²) >= 11 is 0. The molecule has 110 valence electrons. The van der Waals surface area contributed by atoms with Crippen LogP contribution in [0.3, 0.4) is 0 Å². The highest BCUT2D eigenvalue weighted by Crippen LogP contribution is 2.33. The Labute approximate surface area is 123 Å². The molecule has 1 aliphatic rings. The maximum atomic E-state index is 12.2. The Kier molecular flexibility index (Phi) is 3.66. The van der Waals surface area contributed by atoms with Gasteiger partial charge >= 0.3 is 0 Å². The van der Waals surface area contributed by atoms with Crippen LogP contribution in [0.1, 0.15) is 6.42 Å². The smallest absolute Gasteiger partial charge is 0.227 e. The molecule has 0 spiro atoms. The molecule has 5 heteroatoms. The monoisotopic (exact) mass is 286 g/mol. The lowest BCUT2D eigenvalue weighted by atomic mass is 10.1. The molecule has 21 heavy (non-hydrogen) atoms. The number of benzene rings is 1. The van der Waals surface area contributed by atoms with Crippen LogP contribution in [0.2, 0.25) is 0 Å². The molecule has 3 rings (SSSR count). The number of carbonyl (C=O) groups excluding carboxylic acids is 1. The standard InChI is InChI=1S/C16H18N2O3/c1-21-13-4-5-14(17-6-2-3-7-17)15(9-13)18-10-12(11-19)8-16(18)20/h2-7,9,12,19H,8,10-11H2,1H3. The number of hydrogen-bond donors (Lipinski definition) is 1. The molecule has 0 saturated carbocycles. The third kappa shape index (κ3) is 2.52. The van der Waals surface area contributed by atoms with Gasteiger partial charge in [0, 0.05) is 44.0 Å². The third-order valence-electron chi connectivity index (χ3n) is 3.82. The number of anilines is 1. The summed E-state index contributed by atoms with van der Waals surface area (Å²) in [5.41, 5.74) is 1.74. The van der Waals surface area contributed by atoms with E-state index >= 15 is 0 Å². The fourth-order valence-corrected chi connectivity index (χ4v) is 2.70. The van der Waals surface area contributed by atoms with Gasteiger partial charge in [-0.2, -0.15) is 0 Å². The van der Waals surface area contributed by atoms with Crippen LogP contribution in [0.25, 0.3) is 5.69 Å². The van der Waals surface area contributed by atoms with Gasteiger partial charge in [0.1, 0.15) is 5.75 Å². The van der Waals surface area contributed by atoms with Crippen molar-refractivity contribution in [2.45, 2.75) is 6.42 Å². The van der Waals surface area contributed by atoms with Crippen LogP contribution >= 0.6 is 0 Å². The number of aliphatic hydroxyl groups excluding tert-OH is 1. The lowest BCUT2D eigenvalue weighted by Crippen LogP contribution is -2.26. The Hall–Kier alpha value is -2.27. The molecule has 0 aliphatic carbocycles. The highest BCUT2D eigenvalue weighted by molar-refractivity contribution is 5.98. The molecule has 1 aromatic carbocycles. The highest BCUT2D eigenvalue weighted by Gasteiger charge is 2.31. The van der Waals surface area contributed by atoms with Crippen molar-refractivity contribution in [1.82, 2.24) is 4.57 Å². The van der Waals surface area contributed by atoms with E-state index in [0.29, 0.717) is 18.7 Å². The van der Waals surface area contributed by atoms with E-state index in [1.54, 1.807) is 12.0 Å². The van der Waals surface area contributed by atoms with E-state index in [4.69, 9.17) is 4.74 Å². The maximum Gasteiger partial charge on any atom is 0.227 e. The number of hydrogen-bond acceptors (Lipinski definition) is 3. The van der Waals surface area contributed by atoms with Crippen molar-refractivity contribution >= 4 is 11.6 Å². The Balaban J connectivity index is 2.05. The van der Waals surface area contributed by atoms with Crippen LogP contribution in [-0.4, -0.2) is 35.8 Å². The molecular weight excluding hydrogens is 268 g/mol. The highest BCUT2D eigenvalue weighted by atomic mass is 16.5. The molecule has 5 nitrogen and oxygen atoms in total. The quantitative estimate of drug-likeness (QED) is 0.933. The summed E-state index contributed by atoms with van der Waals surface area (Å²) < 4.78 is 7.25. The fourth-order valence-electron chi connectivity index (χ4n) is 2.70. The molecule has 2 aromatic rings. The molecular formula is C16H18N2O3. The first-order chi connectivity index (χ1) is 10.2. The fraction of sp³-hybridized carbons (Fsp3) is 0.312. The first kappa shape index (κ1) is 13.7. The summed E-state index contributed by atoms with van der Waals surface area (Å²) in [4.78, 5) is 14.0. The number of carbonyl (C=O) groups is 1. The zero-order chi connectivity index (χ0) is 14.8. The van der Waals surface area contributed by atoms with Crippen molar-refractivity contribution in [2.75, 3.05) is 25.2 Å². The summed E-state index contributed by atoms with van der Waals surface area (Å²) in [7, 11) is 1.61. The van der Waals surface area contributed by atoms with Gasteiger partial charge in [0.15, 0.2) is 0 Å². The van der Waals surface area contributed by atoms with Crippen molar-refractivity contribution in [1.29, 1.82) is 0 Å². The van der Waals surface area contributed by atoms with E-state index in [2.05, 4.69) is 0 Å². The first-order valence-electron chi connectivity index (χ1n) is 6.95. The van der Waals surface area contributed by atoms with Gasteiger partial charge in [-0.25, -0.2) is 0 Å². The van der Waals surface area contributed by atoms with Gasteiger partial charge in [-0.1, -0.05) is 0 Å². The summed E-state index contributed by atoms with van der Waals surface area (Å²) in [6, 6.07) is 9.57. The van der Waals surface area contributed by atoms with Crippen molar-refractivity contribution < 1.29 is 14.6 Å². The topological polar surface area (TPSA) is 54.7 Å². The van der Waals surface area contributed by atoms with Crippen molar-refractivity contribution in [2.24, 2.45) is 5.92 Å². The number of nitrogens with zero attached hydrogens (tertiary/aromatic N) is 2. The molecule has 1 saturated heterocycles. The number of amides is 1. The second-order valence-corrected chi connectivity index (χ2v) is 5.20. The van der Waals surface area contributed by atoms with Gasteiger partial charge in [-0.3, -0.25) is 4.79 Å². The Bertz CT molecular complexity index is 637. The third-order valence-corrected chi connectivity index (χ3v) is 3.82. The molecule has 2 heterocycles. The minimum Gasteiger partial charge on any atom is -0.497 e. The predicted molar refractivity (Wildman–Crippen MR) is 79.9 cm³/mol. The number of ether oxygens (including phenoxy) is 1.